The zero-order chi connectivity index (χ0) is 11.8. The van der Waals surface area contributed by atoms with Gasteiger partial charge in [0.25, 0.3) is 0 Å². The van der Waals surface area contributed by atoms with E-state index < -0.39 is 0 Å². The number of rotatable bonds is 7. The van der Waals surface area contributed by atoms with Crippen LogP contribution in [0, 0.1) is 0 Å². The normalized spacial score (nSPS) is 10.4. The molecule has 1 aromatic carbocycles. The molecule has 0 unspecified atom stereocenters. The first-order valence-electron chi connectivity index (χ1n) is 5.37. The van der Waals surface area contributed by atoms with Crippen molar-refractivity contribution < 1.29 is 4.74 Å². The molecule has 1 aromatic rings. The summed E-state index contributed by atoms with van der Waals surface area (Å²) in [5, 5.41) is 4.50. The van der Waals surface area contributed by atoms with E-state index in [1.165, 1.54) is 18.4 Å². The van der Waals surface area contributed by atoms with E-state index >= 15 is 0 Å². The molecule has 0 saturated heterocycles. The van der Waals surface area contributed by atoms with Crippen LogP contribution in [0.4, 0.5) is 0 Å². The molecule has 0 aliphatic rings. The fraction of sp³-hybridized carbons (Fsp3) is 0.500. The summed E-state index contributed by atoms with van der Waals surface area (Å²) in [5.41, 5.74) is 1.19. The summed E-state index contributed by atoms with van der Waals surface area (Å²) in [6.07, 6.45) is 2.41. The maximum absolute atomic E-state index is 5.31. The third-order valence-corrected chi connectivity index (χ3v) is 3.35. The van der Waals surface area contributed by atoms with Crippen molar-refractivity contribution in [2.45, 2.75) is 19.4 Å². The van der Waals surface area contributed by atoms with Crippen molar-refractivity contribution in [2.24, 2.45) is 0 Å². The maximum Gasteiger partial charge on any atom is 0.123 e. The van der Waals surface area contributed by atoms with Crippen molar-refractivity contribution in [3.63, 3.8) is 0 Å². The van der Waals surface area contributed by atoms with E-state index in [2.05, 4.69) is 43.2 Å². The van der Waals surface area contributed by atoms with Crippen molar-refractivity contribution in [2.75, 3.05) is 19.0 Å². The summed E-state index contributed by atoms with van der Waals surface area (Å²) < 4.78 is 6.40. The van der Waals surface area contributed by atoms with Crippen LogP contribution in [0.15, 0.2) is 22.7 Å². The van der Waals surface area contributed by atoms with Gasteiger partial charge in [-0.2, -0.15) is 0 Å². The molecule has 0 fully saturated rings. The van der Waals surface area contributed by atoms with Gasteiger partial charge in [-0.3, -0.25) is 0 Å². The predicted molar refractivity (Wildman–Crippen MR) is 75.4 cm³/mol. The van der Waals surface area contributed by atoms with Gasteiger partial charge in [0.1, 0.15) is 5.75 Å². The van der Waals surface area contributed by atoms with Crippen LogP contribution in [-0.2, 0) is 6.54 Å². The van der Waals surface area contributed by atoms with Crippen molar-refractivity contribution >= 4 is 31.9 Å². The van der Waals surface area contributed by atoms with Crippen LogP contribution in [0.2, 0.25) is 0 Å². The van der Waals surface area contributed by atoms with Gasteiger partial charge < -0.3 is 10.1 Å². The third kappa shape index (κ3) is 4.85. The first-order valence-corrected chi connectivity index (χ1v) is 7.28. The van der Waals surface area contributed by atoms with Crippen LogP contribution in [0.5, 0.6) is 5.75 Å². The van der Waals surface area contributed by atoms with Crippen LogP contribution in [0.3, 0.4) is 0 Å². The molecule has 0 heterocycles. The third-order valence-electron chi connectivity index (χ3n) is 2.30. The Bertz CT molecular complexity index is 318. The molecule has 1 rings (SSSR count). The van der Waals surface area contributed by atoms with Gasteiger partial charge in [-0.1, -0.05) is 31.9 Å². The summed E-state index contributed by atoms with van der Waals surface area (Å²) in [5.74, 6) is 0.941. The van der Waals surface area contributed by atoms with E-state index in [0.717, 1.165) is 28.6 Å². The predicted octanol–water partition coefficient (Wildman–Crippen LogP) is 3.72. The number of unbranched alkanes of at least 4 members (excludes halogenated alkanes) is 1. The molecule has 1 N–H and O–H groups in total. The fourth-order valence-electron chi connectivity index (χ4n) is 1.45. The number of hydrogen-bond donors (Lipinski definition) is 1. The van der Waals surface area contributed by atoms with Crippen LogP contribution >= 0.6 is 31.9 Å². The Kier molecular flexibility index (Phi) is 7.08. The van der Waals surface area contributed by atoms with Gasteiger partial charge in [-0.15, -0.1) is 0 Å². The second kappa shape index (κ2) is 8.09. The Morgan fingerprint density at radius 1 is 1.31 bits per heavy atom. The molecule has 90 valence electrons. The van der Waals surface area contributed by atoms with Gasteiger partial charge in [0.2, 0.25) is 0 Å². The van der Waals surface area contributed by atoms with Gasteiger partial charge in [-0.05, 0) is 37.6 Å². The fourth-order valence-corrected chi connectivity index (χ4v) is 2.26. The number of halogens is 2. The molecule has 0 aliphatic carbocycles. The van der Waals surface area contributed by atoms with Crippen LogP contribution in [-0.4, -0.2) is 19.0 Å². The summed E-state index contributed by atoms with van der Waals surface area (Å²) in [4.78, 5) is 0. The Morgan fingerprint density at radius 3 is 2.81 bits per heavy atom. The number of hydrogen-bond acceptors (Lipinski definition) is 2. The highest BCUT2D eigenvalue weighted by atomic mass is 79.9. The summed E-state index contributed by atoms with van der Waals surface area (Å²) in [6.45, 7) is 1.90. The van der Waals surface area contributed by atoms with Crippen molar-refractivity contribution in [1.29, 1.82) is 0 Å². The van der Waals surface area contributed by atoms with Gasteiger partial charge in [0.15, 0.2) is 0 Å². The second-order valence-corrected chi connectivity index (χ2v) is 5.24. The average molecular weight is 351 g/mol. The van der Waals surface area contributed by atoms with E-state index in [1.54, 1.807) is 7.11 Å². The Balaban J connectivity index is 2.42. The highest BCUT2D eigenvalue weighted by Gasteiger charge is 2.02. The molecular formula is C12H17Br2NO. The summed E-state index contributed by atoms with van der Waals surface area (Å²) >= 11 is 6.89. The SMILES string of the molecule is COc1ccc(Br)cc1CNCCCCBr. The van der Waals surface area contributed by atoms with Crippen LogP contribution in [0.1, 0.15) is 18.4 Å². The molecule has 0 atom stereocenters. The quantitative estimate of drug-likeness (QED) is 0.597. The molecule has 0 aromatic heterocycles. The van der Waals surface area contributed by atoms with Crippen molar-refractivity contribution in [1.82, 2.24) is 5.32 Å². The second-order valence-electron chi connectivity index (χ2n) is 3.53. The standard InChI is InChI=1S/C12H17Br2NO/c1-16-12-5-4-11(14)8-10(12)9-15-7-3-2-6-13/h4-5,8,15H,2-3,6-7,9H2,1H3. The minimum Gasteiger partial charge on any atom is -0.496 e. The number of nitrogens with one attached hydrogen (secondary N) is 1. The molecule has 0 bridgehead atoms. The van der Waals surface area contributed by atoms with Gasteiger partial charge in [-0.25, -0.2) is 0 Å². The Hall–Kier alpha value is -0.0600. The molecule has 0 amide bonds. The monoisotopic (exact) mass is 349 g/mol. The molecular weight excluding hydrogens is 334 g/mol. The lowest BCUT2D eigenvalue weighted by Gasteiger charge is -2.10. The van der Waals surface area contributed by atoms with Gasteiger partial charge in [0, 0.05) is 21.9 Å². The molecule has 0 radical (unpaired) electrons. The maximum atomic E-state index is 5.31. The van der Waals surface area contributed by atoms with E-state index in [0.29, 0.717) is 0 Å². The highest BCUT2D eigenvalue weighted by Crippen LogP contribution is 2.22. The first kappa shape index (κ1) is 14.0. The number of methoxy groups -OCH3 is 1. The smallest absolute Gasteiger partial charge is 0.123 e. The number of benzene rings is 1. The van der Waals surface area contributed by atoms with E-state index in [4.69, 9.17) is 4.74 Å². The highest BCUT2D eigenvalue weighted by molar-refractivity contribution is 9.10. The van der Waals surface area contributed by atoms with Crippen molar-refractivity contribution in [3.8, 4) is 5.75 Å². The lowest BCUT2D eigenvalue weighted by atomic mass is 10.2. The molecule has 0 aliphatic heterocycles. The van der Waals surface area contributed by atoms with Crippen LogP contribution in [0.25, 0.3) is 0 Å². The molecule has 16 heavy (non-hydrogen) atoms. The summed E-state index contributed by atoms with van der Waals surface area (Å²) in [6, 6.07) is 6.07. The molecule has 2 nitrogen and oxygen atoms in total. The molecule has 4 heteroatoms. The Labute approximate surface area is 114 Å². The van der Waals surface area contributed by atoms with Gasteiger partial charge in [0.05, 0.1) is 7.11 Å². The average Bonchev–Trinajstić information content (AvgIpc) is 2.29. The van der Waals surface area contributed by atoms with Crippen LogP contribution < -0.4 is 10.1 Å². The topological polar surface area (TPSA) is 21.3 Å². The summed E-state index contributed by atoms with van der Waals surface area (Å²) in [7, 11) is 1.71. The number of alkyl halides is 1. The lowest BCUT2D eigenvalue weighted by Crippen LogP contribution is -2.15. The zero-order valence-corrected chi connectivity index (χ0v) is 12.6. The first-order chi connectivity index (χ1) is 7.77. The molecule has 0 spiro atoms. The van der Waals surface area contributed by atoms with E-state index in [-0.39, 0.29) is 0 Å². The zero-order valence-electron chi connectivity index (χ0n) is 9.43. The van der Waals surface area contributed by atoms with E-state index in [1.807, 2.05) is 12.1 Å². The van der Waals surface area contributed by atoms with Gasteiger partial charge >= 0.3 is 0 Å². The number of ether oxygens (including phenoxy) is 1. The van der Waals surface area contributed by atoms with Crippen molar-refractivity contribution in [3.05, 3.63) is 28.2 Å². The minimum absolute atomic E-state index is 0.852. The lowest BCUT2D eigenvalue weighted by molar-refractivity contribution is 0.407. The molecule has 0 saturated carbocycles. The van der Waals surface area contributed by atoms with E-state index in [9.17, 15) is 0 Å². The largest absolute Gasteiger partial charge is 0.496 e. The Morgan fingerprint density at radius 2 is 2.12 bits per heavy atom. The minimum atomic E-state index is 0.852.